The Labute approximate surface area is 94.6 Å². The van der Waals surface area contributed by atoms with Gasteiger partial charge in [-0.15, -0.1) is 0 Å². The van der Waals surface area contributed by atoms with Crippen molar-refractivity contribution in [3.05, 3.63) is 41.0 Å². The highest BCUT2D eigenvalue weighted by atomic mass is 32.2. The maximum absolute atomic E-state index is 11.6. The summed E-state index contributed by atoms with van der Waals surface area (Å²) in [7, 11) is 0. The lowest BCUT2D eigenvalue weighted by Crippen LogP contribution is -2.11. The maximum atomic E-state index is 11.6. The van der Waals surface area contributed by atoms with Gasteiger partial charge in [0, 0.05) is 23.5 Å². The Morgan fingerprint density at radius 3 is 2.67 bits per heavy atom. The summed E-state index contributed by atoms with van der Waals surface area (Å²) in [6.45, 7) is 2.07. The van der Waals surface area contributed by atoms with Gasteiger partial charge in [0.05, 0.1) is 0 Å². The highest BCUT2D eigenvalue weighted by Crippen LogP contribution is 2.21. The lowest BCUT2D eigenvalue weighted by Gasteiger charge is -2.12. The van der Waals surface area contributed by atoms with E-state index in [2.05, 4.69) is 31.2 Å². The molecule has 1 nitrogen and oxygen atoms in total. The molecule has 0 amide bonds. The van der Waals surface area contributed by atoms with Gasteiger partial charge in [-0.25, -0.2) is 0 Å². The number of carbonyl (C=O) groups is 1. The largest absolute Gasteiger partial charge is 0.294 e. The van der Waals surface area contributed by atoms with Gasteiger partial charge in [-0.2, -0.15) is 11.8 Å². The van der Waals surface area contributed by atoms with Gasteiger partial charge in [-0.3, -0.25) is 4.79 Å². The van der Waals surface area contributed by atoms with Crippen LogP contribution < -0.4 is 0 Å². The number of hydrogen-bond donors (Lipinski definition) is 0. The molecule has 0 spiro atoms. The lowest BCUT2D eigenvalue weighted by atomic mass is 10.1. The third-order valence-electron chi connectivity index (χ3n) is 2.51. The number of Topliss-reactive ketones (excluding diaryl/α,β-unsaturated/α-hetero) is 1. The van der Waals surface area contributed by atoms with Gasteiger partial charge in [-0.1, -0.05) is 29.8 Å². The fourth-order valence-electron chi connectivity index (χ4n) is 1.57. The summed E-state index contributed by atoms with van der Waals surface area (Å²) in [6.07, 6.45) is 2.72. The molecule has 1 aromatic rings. The lowest BCUT2D eigenvalue weighted by molar-refractivity contribution is -0.115. The molecular formula is C13H14OS. The minimum atomic E-state index is 0.314. The van der Waals surface area contributed by atoms with Gasteiger partial charge in [0.2, 0.25) is 0 Å². The topological polar surface area (TPSA) is 17.1 Å². The molecule has 1 saturated heterocycles. The van der Waals surface area contributed by atoms with Crippen molar-refractivity contribution < 1.29 is 4.79 Å². The van der Waals surface area contributed by atoms with Crippen LogP contribution in [0.1, 0.15) is 17.5 Å². The van der Waals surface area contributed by atoms with E-state index in [1.54, 1.807) is 0 Å². The smallest absolute Gasteiger partial charge is 0.160 e. The SMILES string of the molecule is Cc1ccc(/C=C2\CSCCC2=O)cc1. The molecule has 1 fully saturated rings. The first-order valence-corrected chi connectivity index (χ1v) is 6.29. The van der Waals surface area contributed by atoms with Crippen molar-refractivity contribution in [2.45, 2.75) is 13.3 Å². The molecule has 0 aromatic heterocycles. The highest BCUT2D eigenvalue weighted by molar-refractivity contribution is 7.99. The van der Waals surface area contributed by atoms with Crippen LogP contribution in [0.3, 0.4) is 0 Å². The summed E-state index contributed by atoms with van der Waals surface area (Å²) < 4.78 is 0. The molecule has 78 valence electrons. The number of aryl methyl sites for hydroxylation is 1. The molecule has 0 aliphatic carbocycles. The van der Waals surface area contributed by atoms with Crippen LogP contribution in [0.4, 0.5) is 0 Å². The molecule has 2 rings (SSSR count). The monoisotopic (exact) mass is 218 g/mol. The van der Waals surface area contributed by atoms with Crippen molar-refractivity contribution >= 4 is 23.6 Å². The second kappa shape index (κ2) is 4.67. The van der Waals surface area contributed by atoms with Gasteiger partial charge >= 0.3 is 0 Å². The third-order valence-corrected chi connectivity index (χ3v) is 3.52. The number of rotatable bonds is 1. The van der Waals surface area contributed by atoms with E-state index in [4.69, 9.17) is 0 Å². The van der Waals surface area contributed by atoms with Crippen molar-refractivity contribution in [1.82, 2.24) is 0 Å². The Kier molecular flexibility index (Phi) is 3.27. The van der Waals surface area contributed by atoms with E-state index in [0.29, 0.717) is 12.2 Å². The Morgan fingerprint density at radius 2 is 2.00 bits per heavy atom. The highest BCUT2D eigenvalue weighted by Gasteiger charge is 2.14. The zero-order chi connectivity index (χ0) is 10.7. The van der Waals surface area contributed by atoms with E-state index in [9.17, 15) is 4.79 Å². The van der Waals surface area contributed by atoms with Gasteiger partial charge < -0.3 is 0 Å². The summed E-state index contributed by atoms with van der Waals surface area (Å²) in [4.78, 5) is 11.6. The molecule has 0 bridgehead atoms. The first-order valence-electron chi connectivity index (χ1n) is 5.14. The van der Waals surface area contributed by atoms with Crippen molar-refractivity contribution in [3.8, 4) is 0 Å². The van der Waals surface area contributed by atoms with Crippen LogP contribution >= 0.6 is 11.8 Å². The molecule has 2 heteroatoms. The van der Waals surface area contributed by atoms with Crippen molar-refractivity contribution in [1.29, 1.82) is 0 Å². The van der Waals surface area contributed by atoms with E-state index < -0.39 is 0 Å². The number of hydrogen-bond acceptors (Lipinski definition) is 2. The van der Waals surface area contributed by atoms with Gasteiger partial charge in [-0.05, 0) is 18.6 Å². The van der Waals surface area contributed by atoms with Gasteiger partial charge in [0.15, 0.2) is 5.78 Å². The molecular weight excluding hydrogens is 204 g/mol. The normalized spacial score (nSPS) is 19.5. The average molecular weight is 218 g/mol. The van der Waals surface area contributed by atoms with Crippen molar-refractivity contribution in [3.63, 3.8) is 0 Å². The molecule has 1 aromatic carbocycles. The predicted molar refractivity (Wildman–Crippen MR) is 66.1 cm³/mol. The zero-order valence-electron chi connectivity index (χ0n) is 8.82. The standard InChI is InChI=1S/C13H14OS/c1-10-2-4-11(5-3-10)8-12-9-15-7-6-13(12)14/h2-5,8H,6-7,9H2,1H3/b12-8+. The first-order chi connectivity index (χ1) is 7.25. The van der Waals surface area contributed by atoms with Crippen LogP contribution in [0.25, 0.3) is 6.08 Å². The fourth-order valence-corrected chi connectivity index (χ4v) is 2.51. The summed E-state index contributed by atoms with van der Waals surface area (Å²) in [5, 5.41) is 0. The molecule has 0 unspecified atom stereocenters. The third kappa shape index (κ3) is 2.72. The summed E-state index contributed by atoms with van der Waals surface area (Å²) in [6, 6.07) is 8.28. The van der Waals surface area contributed by atoms with E-state index in [1.807, 2.05) is 17.8 Å². The quantitative estimate of drug-likeness (QED) is 0.674. The zero-order valence-corrected chi connectivity index (χ0v) is 9.64. The number of ketones is 1. The minimum absolute atomic E-state index is 0.314. The number of benzene rings is 1. The van der Waals surface area contributed by atoms with Crippen LogP contribution in [0, 0.1) is 6.92 Å². The minimum Gasteiger partial charge on any atom is -0.294 e. The molecule has 0 N–H and O–H groups in total. The molecule has 1 aliphatic heterocycles. The Hall–Kier alpha value is -1.02. The van der Waals surface area contributed by atoms with Crippen LogP contribution in [0.15, 0.2) is 29.8 Å². The van der Waals surface area contributed by atoms with Crippen LogP contribution in [-0.4, -0.2) is 17.3 Å². The second-order valence-electron chi connectivity index (χ2n) is 3.81. The average Bonchev–Trinajstić information content (AvgIpc) is 2.25. The molecule has 0 radical (unpaired) electrons. The van der Waals surface area contributed by atoms with E-state index in [0.717, 1.165) is 22.6 Å². The molecule has 1 aliphatic rings. The Balaban J connectivity index is 2.21. The van der Waals surface area contributed by atoms with Crippen molar-refractivity contribution in [2.24, 2.45) is 0 Å². The Bertz CT molecular complexity index is 390. The molecule has 15 heavy (non-hydrogen) atoms. The summed E-state index contributed by atoms with van der Waals surface area (Å²) in [5.74, 6) is 2.16. The predicted octanol–water partition coefficient (Wildman–Crippen LogP) is 3.08. The second-order valence-corrected chi connectivity index (χ2v) is 4.91. The Morgan fingerprint density at radius 1 is 1.27 bits per heavy atom. The van der Waals surface area contributed by atoms with Crippen LogP contribution in [-0.2, 0) is 4.79 Å². The van der Waals surface area contributed by atoms with Crippen LogP contribution in [0.5, 0.6) is 0 Å². The number of carbonyl (C=O) groups excluding carboxylic acids is 1. The number of thioether (sulfide) groups is 1. The maximum Gasteiger partial charge on any atom is 0.160 e. The fraction of sp³-hybridized carbons (Fsp3) is 0.308. The van der Waals surface area contributed by atoms with Crippen LogP contribution in [0.2, 0.25) is 0 Å². The van der Waals surface area contributed by atoms with E-state index >= 15 is 0 Å². The molecule has 0 atom stereocenters. The van der Waals surface area contributed by atoms with Gasteiger partial charge in [0.25, 0.3) is 0 Å². The van der Waals surface area contributed by atoms with E-state index in [1.165, 1.54) is 5.56 Å². The molecule has 0 saturated carbocycles. The van der Waals surface area contributed by atoms with E-state index in [-0.39, 0.29) is 0 Å². The van der Waals surface area contributed by atoms with Gasteiger partial charge in [0.1, 0.15) is 0 Å². The summed E-state index contributed by atoms with van der Waals surface area (Å²) >= 11 is 1.84. The van der Waals surface area contributed by atoms with Crippen molar-refractivity contribution in [2.75, 3.05) is 11.5 Å². The summed E-state index contributed by atoms with van der Waals surface area (Å²) in [5.41, 5.74) is 3.35. The molecule has 1 heterocycles. The first kappa shape index (κ1) is 10.5.